The summed E-state index contributed by atoms with van der Waals surface area (Å²) < 4.78 is 10.7. The van der Waals surface area contributed by atoms with Crippen LogP contribution in [0, 0.1) is 12.3 Å². The number of methoxy groups -OCH3 is 1. The van der Waals surface area contributed by atoms with Crippen molar-refractivity contribution < 1.29 is 14.3 Å². The smallest absolute Gasteiger partial charge is 0.315 e. The molecule has 6 heteroatoms. The van der Waals surface area contributed by atoms with Crippen LogP contribution in [0.25, 0.3) is 0 Å². The fraction of sp³-hybridized carbons (Fsp3) is 0.250. The zero-order chi connectivity index (χ0) is 18.9. The third-order valence-corrected chi connectivity index (χ3v) is 4.06. The minimum atomic E-state index is -0.292. The molecular weight excluding hydrogens is 352 g/mol. The fourth-order valence-corrected chi connectivity index (χ4v) is 2.70. The average Bonchev–Trinajstić information content (AvgIpc) is 2.65. The van der Waals surface area contributed by atoms with Gasteiger partial charge in [-0.1, -0.05) is 41.8 Å². The van der Waals surface area contributed by atoms with Crippen molar-refractivity contribution in [2.24, 2.45) is 0 Å². The molecule has 0 bridgehead atoms. The zero-order valence-corrected chi connectivity index (χ0v) is 15.5. The number of hydrogen-bond donors (Lipinski definition) is 2. The maximum atomic E-state index is 12.1. The van der Waals surface area contributed by atoms with Gasteiger partial charge in [-0.25, -0.2) is 4.79 Å². The number of hydrogen-bond acceptors (Lipinski definition) is 3. The molecule has 2 amide bonds. The Bertz CT molecular complexity index is 802. The highest BCUT2D eigenvalue weighted by molar-refractivity contribution is 6.31. The van der Waals surface area contributed by atoms with Crippen molar-refractivity contribution in [1.82, 2.24) is 10.6 Å². The first-order valence-electron chi connectivity index (χ1n) is 8.07. The van der Waals surface area contributed by atoms with Gasteiger partial charge < -0.3 is 20.1 Å². The molecule has 0 radical (unpaired) electrons. The molecule has 2 aromatic rings. The zero-order valence-electron chi connectivity index (χ0n) is 14.7. The molecular formula is C20H21ClN2O3. The first-order chi connectivity index (χ1) is 12.5. The van der Waals surface area contributed by atoms with Crippen LogP contribution in [-0.2, 0) is 6.54 Å². The van der Waals surface area contributed by atoms with Crippen LogP contribution >= 0.6 is 11.6 Å². The van der Waals surface area contributed by atoms with Gasteiger partial charge in [-0.2, -0.15) is 0 Å². The van der Waals surface area contributed by atoms with Crippen molar-refractivity contribution in [3.8, 4) is 23.8 Å². The summed E-state index contributed by atoms with van der Waals surface area (Å²) in [7, 11) is 1.56. The lowest BCUT2D eigenvalue weighted by Crippen LogP contribution is -2.36. The van der Waals surface area contributed by atoms with Gasteiger partial charge in [0.1, 0.15) is 6.61 Å². The van der Waals surface area contributed by atoms with Crippen LogP contribution in [0.5, 0.6) is 11.5 Å². The minimum Gasteiger partial charge on any atom is -0.493 e. The summed E-state index contributed by atoms with van der Waals surface area (Å²) in [5, 5.41) is 6.29. The summed E-state index contributed by atoms with van der Waals surface area (Å²) in [5.74, 6) is 3.53. The number of terminal acetylenes is 1. The predicted molar refractivity (Wildman–Crippen MR) is 103 cm³/mol. The van der Waals surface area contributed by atoms with Crippen molar-refractivity contribution in [2.75, 3.05) is 13.7 Å². The summed E-state index contributed by atoms with van der Waals surface area (Å²) in [6.07, 6.45) is 5.22. The highest BCUT2D eigenvalue weighted by Gasteiger charge is 2.12. The molecule has 0 aliphatic rings. The molecule has 2 aromatic carbocycles. The molecule has 0 aliphatic heterocycles. The van der Waals surface area contributed by atoms with E-state index in [0.29, 0.717) is 23.1 Å². The molecule has 136 valence electrons. The Kier molecular flexibility index (Phi) is 7.19. The second kappa shape index (κ2) is 9.59. The van der Waals surface area contributed by atoms with Gasteiger partial charge in [0.25, 0.3) is 0 Å². The lowest BCUT2D eigenvalue weighted by atomic mass is 10.1. The molecule has 0 saturated carbocycles. The first kappa shape index (κ1) is 19.5. The molecule has 0 heterocycles. The maximum Gasteiger partial charge on any atom is 0.315 e. The van der Waals surface area contributed by atoms with Crippen LogP contribution in [0.3, 0.4) is 0 Å². The van der Waals surface area contributed by atoms with Gasteiger partial charge in [-0.05, 0) is 36.2 Å². The van der Waals surface area contributed by atoms with Gasteiger partial charge in [0.2, 0.25) is 0 Å². The molecule has 2 N–H and O–H groups in total. The Balaban J connectivity index is 1.94. The second-order valence-electron chi connectivity index (χ2n) is 5.55. The molecule has 0 aromatic heterocycles. The van der Waals surface area contributed by atoms with E-state index >= 15 is 0 Å². The van der Waals surface area contributed by atoms with Gasteiger partial charge in [0, 0.05) is 11.6 Å². The molecule has 0 fully saturated rings. The van der Waals surface area contributed by atoms with E-state index in [1.165, 1.54) is 0 Å². The van der Waals surface area contributed by atoms with E-state index in [2.05, 4.69) is 16.6 Å². The third kappa shape index (κ3) is 5.33. The van der Waals surface area contributed by atoms with Crippen molar-refractivity contribution in [3.05, 3.63) is 58.6 Å². The number of carbonyl (C=O) groups excluding carboxylic acids is 1. The molecule has 0 spiro atoms. The number of benzene rings is 2. The Labute approximate surface area is 158 Å². The van der Waals surface area contributed by atoms with Crippen molar-refractivity contribution >= 4 is 17.6 Å². The SMILES string of the molecule is C#CCOc1cc(CNC(=O)NC(C)c2ccccc2Cl)ccc1OC. The Morgan fingerprint density at radius 1 is 1.27 bits per heavy atom. The standard InChI is InChI=1S/C20H21ClN2O3/c1-4-11-26-19-12-15(9-10-18(19)25-3)13-22-20(24)23-14(2)16-7-5-6-8-17(16)21/h1,5-10,12,14H,11,13H2,2-3H3,(H2,22,23,24). The highest BCUT2D eigenvalue weighted by atomic mass is 35.5. The minimum absolute atomic E-state index is 0.142. The van der Waals surface area contributed by atoms with E-state index in [1.54, 1.807) is 25.3 Å². The van der Waals surface area contributed by atoms with Crippen LogP contribution in [0.4, 0.5) is 4.79 Å². The monoisotopic (exact) mass is 372 g/mol. The average molecular weight is 373 g/mol. The maximum absolute atomic E-state index is 12.1. The lowest BCUT2D eigenvalue weighted by molar-refractivity contribution is 0.237. The summed E-state index contributed by atoms with van der Waals surface area (Å²) in [6, 6.07) is 12.3. The van der Waals surface area contributed by atoms with E-state index < -0.39 is 0 Å². The summed E-state index contributed by atoms with van der Waals surface area (Å²) in [4.78, 5) is 12.1. The van der Waals surface area contributed by atoms with E-state index in [4.69, 9.17) is 27.5 Å². The van der Waals surface area contributed by atoms with Crippen molar-refractivity contribution in [1.29, 1.82) is 0 Å². The summed E-state index contributed by atoms with van der Waals surface area (Å²) in [6.45, 7) is 2.35. The van der Waals surface area contributed by atoms with Crippen molar-refractivity contribution in [3.63, 3.8) is 0 Å². The van der Waals surface area contributed by atoms with Gasteiger partial charge in [0.15, 0.2) is 11.5 Å². The predicted octanol–water partition coefficient (Wildman–Crippen LogP) is 3.92. The Morgan fingerprint density at radius 2 is 2.04 bits per heavy atom. The fourth-order valence-electron chi connectivity index (χ4n) is 2.40. The van der Waals surface area contributed by atoms with Crippen LogP contribution in [0.1, 0.15) is 24.1 Å². The molecule has 0 saturated heterocycles. The Hall–Kier alpha value is -2.84. The molecule has 1 atom stereocenters. The summed E-state index contributed by atoms with van der Waals surface area (Å²) in [5.41, 5.74) is 1.72. The number of halogens is 1. The number of amides is 2. The molecule has 2 rings (SSSR count). The molecule has 5 nitrogen and oxygen atoms in total. The van der Waals surface area contributed by atoms with Crippen LogP contribution in [-0.4, -0.2) is 19.7 Å². The molecule has 26 heavy (non-hydrogen) atoms. The number of nitrogens with one attached hydrogen (secondary N) is 2. The van der Waals surface area contributed by atoms with Gasteiger partial charge in [0.05, 0.1) is 13.2 Å². The quantitative estimate of drug-likeness (QED) is 0.724. The second-order valence-corrected chi connectivity index (χ2v) is 5.96. The molecule has 1 unspecified atom stereocenters. The van der Waals surface area contributed by atoms with Gasteiger partial charge in [-0.3, -0.25) is 0 Å². The lowest BCUT2D eigenvalue weighted by Gasteiger charge is -2.16. The van der Waals surface area contributed by atoms with E-state index in [-0.39, 0.29) is 18.7 Å². The van der Waals surface area contributed by atoms with E-state index in [0.717, 1.165) is 11.1 Å². The third-order valence-electron chi connectivity index (χ3n) is 3.71. The van der Waals surface area contributed by atoms with Gasteiger partial charge >= 0.3 is 6.03 Å². The van der Waals surface area contributed by atoms with Crippen LogP contribution < -0.4 is 20.1 Å². The number of rotatable bonds is 7. The number of carbonyl (C=O) groups is 1. The largest absolute Gasteiger partial charge is 0.493 e. The number of ether oxygens (including phenoxy) is 2. The topological polar surface area (TPSA) is 59.6 Å². The number of urea groups is 1. The normalized spacial score (nSPS) is 11.2. The Morgan fingerprint density at radius 3 is 2.73 bits per heavy atom. The van der Waals surface area contributed by atoms with Crippen molar-refractivity contribution in [2.45, 2.75) is 19.5 Å². The van der Waals surface area contributed by atoms with E-state index in [9.17, 15) is 4.79 Å². The summed E-state index contributed by atoms with van der Waals surface area (Å²) >= 11 is 6.15. The van der Waals surface area contributed by atoms with E-state index in [1.807, 2.05) is 31.2 Å². The van der Waals surface area contributed by atoms with Crippen LogP contribution in [0.2, 0.25) is 5.02 Å². The molecule has 0 aliphatic carbocycles. The van der Waals surface area contributed by atoms with Gasteiger partial charge in [-0.15, -0.1) is 6.42 Å². The first-order valence-corrected chi connectivity index (χ1v) is 8.45. The highest BCUT2D eigenvalue weighted by Crippen LogP contribution is 2.28. The van der Waals surface area contributed by atoms with Crippen LogP contribution in [0.15, 0.2) is 42.5 Å².